The van der Waals surface area contributed by atoms with Gasteiger partial charge < -0.3 is 14.8 Å². The van der Waals surface area contributed by atoms with Gasteiger partial charge in [-0.3, -0.25) is 10.1 Å². The van der Waals surface area contributed by atoms with Crippen LogP contribution in [0.15, 0.2) is 30.3 Å². The summed E-state index contributed by atoms with van der Waals surface area (Å²) in [6.45, 7) is 3.30. The highest BCUT2D eigenvalue weighted by Gasteiger charge is 2.29. The second kappa shape index (κ2) is 11.3. The Labute approximate surface area is 220 Å². The van der Waals surface area contributed by atoms with Crippen molar-refractivity contribution in [1.29, 1.82) is 0 Å². The third-order valence-corrected chi connectivity index (χ3v) is 7.74. The predicted molar refractivity (Wildman–Crippen MR) is 143 cm³/mol. The van der Waals surface area contributed by atoms with Crippen LogP contribution in [-0.4, -0.2) is 57.9 Å². The maximum absolute atomic E-state index is 15.2. The van der Waals surface area contributed by atoms with Gasteiger partial charge in [0.05, 0.1) is 16.9 Å². The molecule has 1 aliphatic carbocycles. The van der Waals surface area contributed by atoms with E-state index in [0.717, 1.165) is 74.0 Å². The lowest BCUT2D eigenvalue weighted by Crippen LogP contribution is -2.36. The van der Waals surface area contributed by atoms with Crippen LogP contribution in [0, 0.1) is 0 Å². The van der Waals surface area contributed by atoms with Crippen LogP contribution in [0.4, 0.5) is 24.8 Å². The maximum Gasteiger partial charge on any atom is 0.288 e. The fraction of sp³-hybridized carbons (Fsp3) is 0.536. The van der Waals surface area contributed by atoms with Crippen molar-refractivity contribution in [2.75, 3.05) is 30.8 Å². The Bertz CT molecular complexity index is 1280. The van der Waals surface area contributed by atoms with Gasteiger partial charge in [0.1, 0.15) is 0 Å². The third-order valence-electron chi connectivity index (χ3n) is 7.74. The van der Waals surface area contributed by atoms with Crippen molar-refractivity contribution in [2.45, 2.75) is 76.6 Å². The predicted octanol–water partition coefficient (Wildman–Crippen LogP) is 6.34. The van der Waals surface area contributed by atoms with Crippen molar-refractivity contribution in [3.8, 4) is 11.4 Å². The number of benzene rings is 1. The second-order valence-electron chi connectivity index (χ2n) is 10.6. The van der Waals surface area contributed by atoms with Crippen molar-refractivity contribution in [3.05, 3.63) is 36.0 Å². The molecule has 1 atom stereocenters. The normalized spacial score (nSPS) is 18.7. The summed E-state index contributed by atoms with van der Waals surface area (Å²) in [6, 6.07) is 9.06. The Hall–Kier alpha value is -3.14. The number of aromatic nitrogens is 3. The monoisotopic (exact) mass is 528 g/mol. The van der Waals surface area contributed by atoms with Crippen molar-refractivity contribution in [2.24, 2.45) is 0 Å². The molecule has 5 rings (SSSR count). The number of nitrogens with zero attached hydrogens (tertiary/aromatic N) is 4. The van der Waals surface area contributed by atoms with Crippen LogP contribution in [0.2, 0.25) is 0 Å². The molecule has 1 saturated carbocycles. The van der Waals surface area contributed by atoms with Gasteiger partial charge in [-0.1, -0.05) is 25.3 Å². The van der Waals surface area contributed by atoms with E-state index in [9.17, 15) is 13.6 Å². The number of piperidine rings is 1. The number of carbonyl (C=O) groups is 1. The number of amides is 1. The standard InChI is InChI=1S/C28H35F3N6O/c1-17(38)32-28-34-22(18-7-4-3-5-8-18)16-23(35-28)25-15-20-21(33-19-11-13-36(2)14-12-19)9-6-10-24(20)37(25)27(31)26(29)30/h6,9-10,15-16,18-19,26-27,33H,3-5,7-8,11-14H2,1-2H3,(H,32,34,35,38). The number of hydrogen-bond donors (Lipinski definition) is 2. The lowest BCUT2D eigenvalue weighted by atomic mass is 9.86. The summed E-state index contributed by atoms with van der Waals surface area (Å²) in [5, 5.41) is 6.86. The number of hydrogen-bond acceptors (Lipinski definition) is 5. The number of carbonyl (C=O) groups excluding carboxylic acids is 1. The third kappa shape index (κ3) is 5.65. The van der Waals surface area contributed by atoms with Crippen molar-refractivity contribution >= 4 is 28.4 Å². The average molecular weight is 529 g/mol. The molecular formula is C28H35F3N6O. The van der Waals surface area contributed by atoms with E-state index in [1.54, 1.807) is 24.3 Å². The largest absolute Gasteiger partial charge is 0.382 e. The lowest BCUT2D eigenvalue weighted by Gasteiger charge is -2.30. The van der Waals surface area contributed by atoms with Gasteiger partial charge in [0.15, 0.2) is 0 Å². The second-order valence-corrected chi connectivity index (χ2v) is 10.6. The molecule has 10 heteroatoms. The molecule has 2 aliphatic rings. The molecule has 204 valence electrons. The van der Waals surface area contributed by atoms with E-state index < -0.39 is 12.7 Å². The van der Waals surface area contributed by atoms with Crippen LogP contribution in [0.5, 0.6) is 0 Å². The van der Waals surface area contributed by atoms with Crippen molar-refractivity contribution in [1.82, 2.24) is 19.4 Å². The number of likely N-dealkylation sites (tertiary alicyclic amines) is 1. The average Bonchev–Trinajstić information content (AvgIpc) is 3.30. The van der Waals surface area contributed by atoms with Gasteiger partial charge in [0, 0.05) is 35.7 Å². The molecule has 38 heavy (non-hydrogen) atoms. The molecular weight excluding hydrogens is 493 g/mol. The molecule has 1 amide bonds. The first-order chi connectivity index (χ1) is 18.3. The summed E-state index contributed by atoms with van der Waals surface area (Å²) in [5.41, 5.74) is 2.43. The molecule has 0 spiro atoms. The minimum Gasteiger partial charge on any atom is -0.382 e. The van der Waals surface area contributed by atoms with E-state index in [4.69, 9.17) is 0 Å². The smallest absolute Gasteiger partial charge is 0.288 e. The van der Waals surface area contributed by atoms with Gasteiger partial charge in [-0.05, 0) is 70.1 Å². The molecule has 2 N–H and O–H groups in total. The van der Waals surface area contributed by atoms with E-state index in [1.807, 2.05) is 6.07 Å². The van der Waals surface area contributed by atoms with Crippen molar-refractivity contribution < 1.29 is 18.0 Å². The highest BCUT2D eigenvalue weighted by Crippen LogP contribution is 2.39. The molecule has 0 bridgehead atoms. The molecule has 2 aromatic heterocycles. The summed E-state index contributed by atoms with van der Waals surface area (Å²) in [4.78, 5) is 23.2. The Balaban J connectivity index is 1.63. The van der Waals surface area contributed by atoms with Crippen LogP contribution in [0.1, 0.15) is 69.8 Å². The molecule has 3 aromatic rings. The minimum absolute atomic E-state index is 0.101. The van der Waals surface area contributed by atoms with E-state index in [-0.39, 0.29) is 29.5 Å². The zero-order valence-corrected chi connectivity index (χ0v) is 21.9. The molecule has 0 radical (unpaired) electrons. The number of nitrogens with one attached hydrogen (secondary N) is 2. The summed E-state index contributed by atoms with van der Waals surface area (Å²) >= 11 is 0. The summed E-state index contributed by atoms with van der Waals surface area (Å²) < 4.78 is 44.0. The molecule has 2 fully saturated rings. The topological polar surface area (TPSA) is 75.1 Å². The molecule has 7 nitrogen and oxygen atoms in total. The van der Waals surface area contributed by atoms with E-state index >= 15 is 4.39 Å². The van der Waals surface area contributed by atoms with E-state index in [0.29, 0.717) is 16.6 Å². The minimum atomic E-state index is -3.22. The quantitative estimate of drug-likeness (QED) is 0.374. The number of alkyl halides is 3. The van der Waals surface area contributed by atoms with Gasteiger partial charge in [0.2, 0.25) is 18.2 Å². The fourth-order valence-corrected chi connectivity index (χ4v) is 5.74. The molecule has 1 unspecified atom stereocenters. The van der Waals surface area contributed by atoms with Crippen LogP contribution in [0.25, 0.3) is 22.3 Å². The highest BCUT2D eigenvalue weighted by molar-refractivity contribution is 5.96. The maximum atomic E-state index is 15.2. The SMILES string of the molecule is CC(=O)Nc1nc(-c2cc3c(NC4CCN(C)CC4)cccc3n2C(F)C(F)F)cc(C2CCCCC2)n1. The van der Waals surface area contributed by atoms with Gasteiger partial charge in [-0.25, -0.2) is 23.1 Å². The first kappa shape index (κ1) is 26.5. The van der Waals surface area contributed by atoms with Gasteiger partial charge in [0.25, 0.3) is 6.43 Å². The van der Waals surface area contributed by atoms with Gasteiger partial charge in [-0.2, -0.15) is 0 Å². The zero-order chi connectivity index (χ0) is 26.8. The first-order valence-electron chi connectivity index (χ1n) is 13.5. The summed E-state index contributed by atoms with van der Waals surface area (Å²) in [7, 11) is 2.09. The summed E-state index contributed by atoms with van der Waals surface area (Å²) in [6.07, 6.45) is 1.35. The van der Waals surface area contributed by atoms with Crippen LogP contribution in [-0.2, 0) is 4.79 Å². The van der Waals surface area contributed by atoms with Crippen LogP contribution >= 0.6 is 0 Å². The Morgan fingerprint density at radius 2 is 1.76 bits per heavy atom. The summed E-state index contributed by atoms with van der Waals surface area (Å²) in [5.74, 6) is -0.0591. The Morgan fingerprint density at radius 1 is 1.03 bits per heavy atom. The fourth-order valence-electron chi connectivity index (χ4n) is 5.74. The van der Waals surface area contributed by atoms with Gasteiger partial charge >= 0.3 is 0 Å². The van der Waals surface area contributed by atoms with Crippen LogP contribution < -0.4 is 10.6 Å². The Kier molecular flexibility index (Phi) is 7.88. The molecule has 1 aromatic carbocycles. The lowest BCUT2D eigenvalue weighted by molar-refractivity contribution is -0.114. The van der Waals surface area contributed by atoms with Gasteiger partial charge in [-0.15, -0.1) is 0 Å². The molecule has 1 aliphatic heterocycles. The van der Waals surface area contributed by atoms with Crippen LogP contribution in [0.3, 0.4) is 0 Å². The molecule has 3 heterocycles. The zero-order valence-electron chi connectivity index (χ0n) is 21.9. The Morgan fingerprint density at radius 3 is 2.45 bits per heavy atom. The number of rotatable bonds is 7. The van der Waals surface area contributed by atoms with E-state index in [2.05, 4.69) is 32.5 Å². The number of halogens is 3. The molecule has 1 saturated heterocycles. The first-order valence-corrected chi connectivity index (χ1v) is 13.5. The number of fused-ring (bicyclic) bond motifs is 1. The number of anilines is 2. The van der Waals surface area contributed by atoms with Crippen molar-refractivity contribution in [3.63, 3.8) is 0 Å². The highest BCUT2D eigenvalue weighted by atomic mass is 19.3. The van der Waals surface area contributed by atoms with E-state index in [1.165, 1.54) is 6.92 Å².